The van der Waals surface area contributed by atoms with E-state index in [9.17, 15) is 9.90 Å². The third-order valence-corrected chi connectivity index (χ3v) is 4.14. The van der Waals surface area contributed by atoms with Crippen molar-refractivity contribution in [3.8, 4) is 5.75 Å². The number of nitrogens with zero attached hydrogens (tertiary/aromatic N) is 1. The van der Waals surface area contributed by atoms with Gasteiger partial charge in [-0.05, 0) is 29.5 Å². The highest BCUT2D eigenvalue weighted by Gasteiger charge is 2.05. The van der Waals surface area contributed by atoms with Crippen LogP contribution in [-0.2, 0) is 11.2 Å². The third kappa shape index (κ3) is 4.52. The zero-order valence-electron chi connectivity index (χ0n) is 14.9. The van der Waals surface area contributed by atoms with E-state index in [0.29, 0.717) is 12.0 Å². The molecular weight excluding hydrogens is 338 g/mol. The predicted molar refractivity (Wildman–Crippen MR) is 110 cm³/mol. The second-order valence-electron chi connectivity index (χ2n) is 6.02. The molecule has 0 aliphatic heterocycles. The molecule has 0 heterocycles. The number of anilines is 1. The molecule has 0 atom stereocenters. The summed E-state index contributed by atoms with van der Waals surface area (Å²) in [5, 5.41) is 19.4. The van der Waals surface area contributed by atoms with Crippen LogP contribution in [0.25, 0.3) is 10.8 Å². The van der Waals surface area contributed by atoms with E-state index in [-0.39, 0.29) is 18.2 Å². The van der Waals surface area contributed by atoms with Gasteiger partial charge in [-0.25, -0.2) is 5.43 Å². The minimum atomic E-state index is -0.277. The number of benzene rings is 3. The Balaban J connectivity index is 1.59. The number of phenols is 1. The molecular formula is C22H21N3O2. The highest BCUT2D eigenvalue weighted by atomic mass is 16.3. The van der Waals surface area contributed by atoms with Gasteiger partial charge in [-0.3, -0.25) is 4.79 Å². The molecule has 0 aromatic heterocycles. The Hall–Kier alpha value is -3.60. The van der Waals surface area contributed by atoms with E-state index >= 15 is 0 Å². The Kier molecular flexibility index (Phi) is 5.84. The number of phenolic OH excluding ortho intramolecular Hbond substituents is 1. The molecule has 0 saturated heterocycles. The van der Waals surface area contributed by atoms with Crippen LogP contribution in [0.15, 0.2) is 78.4 Å². The normalized spacial score (nSPS) is 10.8. The van der Waals surface area contributed by atoms with Gasteiger partial charge in [-0.15, -0.1) is 6.58 Å². The van der Waals surface area contributed by atoms with Crippen LogP contribution in [0.5, 0.6) is 5.75 Å². The Morgan fingerprint density at radius 1 is 1.07 bits per heavy atom. The number of amides is 1. The molecule has 1 amide bonds. The van der Waals surface area contributed by atoms with Crippen LogP contribution in [0, 0.1) is 0 Å². The van der Waals surface area contributed by atoms with E-state index < -0.39 is 0 Å². The van der Waals surface area contributed by atoms with Crippen molar-refractivity contribution in [1.82, 2.24) is 5.43 Å². The summed E-state index contributed by atoms with van der Waals surface area (Å²) in [6.07, 6.45) is 3.71. The monoisotopic (exact) mass is 359 g/mol. The Morgan fingerprint density at radius 2 is 1.85 bits per heavy atom. The minimum absolute atomic E-state index is 0.0911. The van der Waals surface area contributed by atoms with Crippen molar-refractivity contribution in [1.29, 1.82) is 0 Å². The van der Waals surface area contributed by atoms with Crippen molar-refractivity contribution >= 4 is 28.6 Å². The van der Waals surface area contributed by atoms with Gasteiger partial charge < -0.3 is 10.4 Å². The first-order valence-electron chi connectivity index (χ1n) is 8.64. The van der Waals surface area contributed by atoms with Crippen LogP contribution in [0.2, 0.25) is 0 Å². The van der Waals surface area contributed by atoms with Gasteiger partial charge in [0.1, 0.15) is 5.75 Å². The highest BCUT2D eigenvalue weighted by molar-refractivity contribution is 5.95. The maximum atomic E-state index is 12.0. The van der Waals surface area contributed by atoms with Crippen LogP contribution in [0.3, 0.4) is 0 Å². The summed E-state index contributed by atoms with van der Waals surface area (Å²) in [6.45, 7) is 3.76. The van der Waals surface area contributed by atoms with Crippen LogP contribution < -0.4 is 10.7 Å². The Bertz CT molecular complexity index is 991. The number of nitrogens with one attached hydrogen (secondary N) is 2. The zero-order chi connectivity index (χ0) is 19.1. The standard InChI is InChI=1S/C22H21N3O2/c1-2-7-17-10-5-11-18(22(17)27)14-24-25-21(26)15-23-20-13-6-9-16-8-3-4-12-19(16)20/h2-6,8-14,23,27H,1,7,15H2,(H,25,26)/b24-14+. The maximum Gasteiger partial charge on any atom is 0.259 e. The largest absolute Gasteiger partial charge is 0.507 e. The number of rotatable bonds is 7. The first kappa shape index (κ1) is 18.2. The van der Waals surface area contributed by atoms with Gasteiger partial charge in [0.2, 0.25) is 0 Å². The van der Waals surface area contributed by atoms with Crippen LogP contribution in [0.1, 0.15) is 11.1 Å². The second-order valence-corrected chi connectivity index (χ2v) is 6.02. The van der Waals surface area contributed by atoms with Crippen LogP contribution in [-0.4, -0.2) is 23.8 Å². The summed E-state index contributed by atoms with van der Waals surface area (Å²) in [5.74, 6) is -0.134. The number of hydrogen-bond acceptors (Lipinski definition) is 4. The Morgan fingerprint density at radius 3 is 2.70 bits per heavy atom. The molecule has 0 bridgehead atoms. The first-order valence-corrected chi connectivity index (χ1v) is 8.64. The molecule has 3 N–H and O–H groups in total. The summed E-state index contributed by atoms with van der Waals surface area (Å²) in [6, 6.07) is 19.2. The number of carbonyl (C=O) groups excluding carboxylic acids is 1. The fourth-order valence-electron chi connectivity index (χ4n) is 2.80. The smallest absolute Gasteiger partial charge is 0.259 e. The average Bonchev–Trinajstić information content (AvgIpc) is 2.69. The number of fused-ring (bicyclic) bond motifs is 1. The van der Waals surface area contributed by atoms with Gasteiger partial charge in [0, 0.05) is 16.6 Å². The van der Waals surface area contributed by atoms with E-state index in [0.717, 1.165) is 22.0 Å². The SMILES string of the molecule is C=CCc1cccc(/C=N/NC(=O)CNc2cccc3ccccc23)c1O. The topological polar surface area (TPSA) is 73.7 Å². The van der Waals surface area contributed by atoms with Crippen molar-refractivity contribution < 1.29 is 9.90 Å². The molecule has 0 aliphatic rings. The number of hydrazone groups is 1. The molecule has 0 saturated carbocycles. The van der Waals surface area contributed by atoms with Crippen molar-refractivity contribution in [2.24, 2.45) is 5.10 Å². The summed E-state index contributed by atoms with van der Waals surface area (Å²) < 4.78 is 0. The number of aromatic hydroxyl groups is 1. The molecule has 3 rings (SSSR count). The molecule has 0 fully saturated rings. The van der Waals surface area contributed by atoms with Gasteiger partial charge in [0.15, 0.2) is 0 Å². The summed E-state index contributed by atoms with van der Waals surface area (Å²) in [5.41, 5.74) is 4.66. The van der Waals surface area contributed by atoms with E-state index in [2.05, 4.69) is 22.4 Å². The highest BCUT2D eigenvalue weighted by Crippen LogP contribution is 2.23. The summed E-state index contributed by atoms with van der Waals surface area (Å²) in [4.78, 5) is 12.0. The summed E-state index contributed by atoms with van der Waals surface area (Å²) >= 11 is 0. The van der Waals surface area contributed by atoms with Crippen LogP contribution >= 0.6 is 0 Å². The predicted octanol–water partition coefficient (Wildman–Crippen LogP) is 3.84. The zero-order valence-corrected chi connectivity index (χ0v) is 14.9. The molecule has 0 unspecified atom stereocenters. The Labute approximate surface area is 158 Å². The molecule has 0 spiro atoms. The molecule has 27 heavy (non-hydrogen) atoms. The average molecular weight is 359 g/mol. The van der Waals surface area contributed by atoms with Gasteiger partial charge in [-0.2, -0.15) is 5.10 Å². The lowest BCUT2D eigenvalue weighted by Gasteiger charge is -2.09. The lowest BCUT2D eigenvalue weighted by Crippen LogP contribution is -2.25. The number of carbonyl (C=O) groups is 1. The molecule has 5 heteroatoms. The quantitative estimate of drug-likeness (QED) is 0.341. The van der Waals surface area contributed by atoms with Gasteiger partial charge >= 0.3 is 0 Å². The summed E-state index contributed by atoms with van der Waals surface area (Å²) in [7, 11) is 0. The van der Waals surface area contributed by atoms with E-state index in [1.54, 1.807) is 12.1 Å². The lowest BCUT2D eigenvalue weighted by molar-refractivity contribution is -0.119. The van der Waals surface area contributed by atoms with Crippen molar-refractivity contribution in [2.45, 2.75) is 6.42 Å². The van der Waals surface area contributed by atoms with Crippen molar-refractivity contribution in [2.75, 3.05) is 11.9 Å². The van der Waals surface area contributed by atoms with E-state index in [4.69, 9.17) is 0 Å². The fourth-order valence-corrected chi connectivity index (χ4v) is 2.80. The third-order valence-electron chi connectivity index (χ3n) is 4.14. The maximum absolute atomic E-state index is 12.0. The van der Waals surface area contributed by atoms with Crippen molar-refractivity contribution in [3.63, 3.8) is 0 Å². The molecule has 3 aromatic carbocycles. The molecule has 0 radical (unpaired) electrons. The van der Waals surface area contributed by atoms with Crippen LogP contribution in [0.4, 0.5) is 5.69 Å². The van der Waals surface area contributed by atoms with E-state index in [1.807, 2.05) is 54.6 Å². The molecule has 136 valence electrons. The lowest BCUT2D eigenvalue weighted by atomic mass is 10.1. The number of hydrogen-bond donors (Lipinski definition) is 3. The van der Waals surface area contributed by atoms with E-state index in [1.165, 1.54) is 6.21 Å². The molecule has 3 aromatic rings. The second kappa shape index (κ2) is 8.67. The number of para-hydroxylation sites is 1. The number of allylic oxidation sites excluding steroid dienone is 1. The van der Waals surface area contributed by atoms with Crippen molar-refractivity contribution in [3.05, 3.63) is 84.4 Å². The molecule has 5 nitrogen and oxygen atoms in total. The van der Waals surface area contributed by atoms with Gasteiger partial charge in [0.05, 0.1) is 12.8 Å². The first-order chi connectivity index (χ1) is 13.2. The van der Waals surface area contributed by atoms with Gasteiger partial charge in [0.25, 0.3) is 5.91 Å². The minimum Gasteiger partial charge on any atom is -0.507 e. The molecule has 0 aliphatic carbocycles. The fraction of sp³-hybridized carbons (Fsp3) is 0.0909. The van der Waals surface area contributed by atoms with Gasteiger partial charge in [-0.1, -0.05) is 54.6 Å².